The monoisotopic (exact) mass is 330 g/mol. The Morgan fingerprint density at radius 1 is 1.33 bits per heavy atom. The van der Waals surface area contributed by atoms with E-state index in [2.05, 4.69) is 25.5 Å². The fraction of sp³-hybridized carbons (Fsp3) is 0.312. The number of halogens is 1. The van der Waals surface area contributed by atoms with Gasteiger partial charge in [-0.1, -0.05) is 0 Å². The van der Waals surface area contributed by atoms with Crippen LogP contribution in [0.4, 0.5) is 26.6 Å². The van der Waals surface area contributed by atoms with Gasteiger partial charge in [0, 0.05) is 36.6 Å². The fourth-order valence-corrected chi connectivity index (χ4v) is 2.71. The zero-order chi connectivity index (χ0) is 17.1. The van der Waals surface area contributed by atoms with E-state index in [-0.39, 0.29) is 23.8 Å². The van der Waals surface area contributed by atoms with Gasteiger partial charge in [-0.2, -0.15) is 4.98 Å². The summed E-state index contributed by atoms with van der Waals surface area (Å²) in [6.07, 6.45) is 0.805. The molecule has 4 N–H and O–H groups in total. The molecule has 1 aromatic carbocycles. The number of rotatable bonds is 3. The van der Waals surface area contributed by atoms with Crippen LogP contribution in [0, 0.1) is 12.7 Å². The van der Waals surface area contributed by atoms with E-state index in [1.807, 2.05) is 13.0 Å². The van der Waals surface area contributed by atoms with E-state index in [0.717, 1.165) is 24.5 Å². The van der Waals surface area contributed by atoms with Crippen LogP contribution in [-0.2, 0) is 0 Å². The van der Waals surface area contributed by atoms with Gasteiger partial charge in [0.15, 0.2) is 0 Å². The number of hydrogen-bond donors (Lipinski definition) is 3. The predicted molar refractivity (Wildman–Crippen MR) is 90.4 cm³/mol. The summed E-state index contributed by atoms with van der Waals surface area (Å²) in [6, 6.07) is 7.19. The Balaban J connectivity index is 1.55. The molecule has 1 aliphatic rings. The molecule has 0 radical (unpaired) electrons. The molecule has 2 aromatic rings. The average Bonchev–Trinajstić information content (AvgIpc) is 2.97. The number of nitrogens with zero attached hydrogens (tertiary/aromatic N) is 3. The maximum absolute atomic E-state index is 12.9. The summed E-state index contributed by atoms with van der Waals surface area (Å²) in [5.74, 6) is 0.672. The van der Waals surface area contributed by atoms with E-state index in [1.54, 1.807) is 0 Å². The molecule has 2 amide bonds. The quantitative estimate of drug-likeness (QED) is 0.799. The van der Waals surface area contributed by atoms with Gasteiger partial charge in [0.05, 0.1) is 0 Å². The van der Waals surface area contributed by atoms with E-state index in [1.165, 1.54) is 24.3 Å². The number of anilines is 3. The third-order valence-corrected chi connectivity index (χ3v) is 3.81. The van der Waals surface area contributed by atoms with Crippen molar-refractivity contribution in [3.8, 4) is 0 Å². The Labute approximate surface area is 139 Å². The second-order valence-electron chi connectivity index (χ2n) is 5.76. The summed E-state index contributed by atoms with van der Waals surface area (Å²) < 4.78 is 12.9. The number of urea groups is 1. The number of benzene rings is 1. The van der Waals surface area contributed by atoms with Gasteiger partial charge in [0.2, 0.25) is 5.95 Å². The van der Waals surface area contributed by atoms with E-state index in [9.17, 15) is 9.18 Å². The van der Waals surface area contributed by atoms with Crippen LogP contribution in [0.5, 0.6) is 0 Å². The first-order valence-electron chi connectivity index (χ1n) is 7.69. The van der Waals surface area contributed by atoms with Crippen molar-refractivity contribution in [3.05, 3.63) is 41.8 Å². The number of aromatic nitrogens is 2. The molecule has 7 nitrogen and oxygen atoms in total. The third kappa shape index (κ3) is 3.89. The molecule has 1 fully saturated rings. The number of amides is 2. The first-order valence-corrected chi connectivity index (χ1v) is 7.69. The van der Waals surface area contributed by atoms with Crippen molar-refractivity contribution >= 4 is 23.5 Å². The third-order valence-electron chi connectivity index (χ3n) is 3.81. The van der Waals surface area contributed by atoms with Gasteiger partial charge in [0.1, 0.15) is 11.6 Å². The van der Waals surface area contributed by atoms with Crippen LogP contribution >= 0.6 is 0 Å². The van der Waals surface area contributed by atoms with Crippen LogP contribution in [0.15, 0.2) is 30.3 Å². The van der Waals surface area contributed by atoms with Crippen LogP contribution in [0.2, 0.25) is 0 Å². The minimum absolute atomic E-state index is 0.00180. The Bertz CT molecular complexity index is 716. The van der Waals surface area contributed by atoms with Gasteiger partial charge >= 0.3 is 6.03 Å². The summed E-state index contributed by atoms with van der Waals surface area (Å²) in [6.45, 7) is 3.29. The van der Waals surface area contributed by atoms with Gasteiger partial charge in [-0.3, -0.25) is 0 Å². The largest absolute Gasteiger partial charge is 0.368 e. The molecule has 0 spiro atoms. The van der Waals surface area contributed by atoms with Gasteiger partial charge in [0.25, 0.3) is 0 Å². The highest BCUT2D eigenvalue weighted by molar-refractivity contribution is 5.89. The molecule has 24 heavy (non-hydrogen) atoms. The molecule has 1 atom stereocenters. The van der Waals surface area contributed by atoms with Crippen LogP contribution < -0.4 is 21.3 Å². The maximum Gasteiger partial charge on any atom is 0.319 e. The fourth-order valence-electron chi connectivity index (χ4n) is 2.71. The van der Waals surface area contributed by atoms with Crippen molar-refractivity contribution in [2.75, 3.05) is 29.0 Å². The summed E-state index contributed by atoms with van der Waals surface area (Å²) in [7, 11) is 0. The first kappa shape index (κ1) is 16.0. The number of carbonyl (C=O) groups is 1. The topological polar surface area (TPSA) is 96.2 Å². The van der Waals surface area contributed by atoms with E-state index in [0.29, 0.717) is 12.2 Å². The van der Waals surface area contributed by atoms with Crippen LogP contribution in [0.1, 0.15) is 12.1 Å². The summed E-state index contributed by atoms with van der Waals surface area (Å²) in [5.41, 5.74) is 7.04. The van der Waals surface area contributed by atoms with Gasteiger partial charge in [-0.15, -0.1) is 0 Å². The predicted octanol–water partition coefficient (Wildman–Crippen LogP) is 1.91. The zero-order valence-corrected chi connectivity index (χ0v) is 13.3. The molecule has 1 aromatic heterocycles. The molecule has 0 aliphatic carbocycles. The molecular formula is C16H19FN6O. The maximum atomic E-state index is 12.9. The highest BCUT2D eigenvalue weighted by atomic mass is 19.1. The summed E-state index contributed by atoms with van der Waals surface area (Å²) >= 11 is 0. The SMILES string of the molecule is Cc1cc(N2CCC(NC(=O)Nc3ccc(F)cc3)C2)nc(N)n1. The van der Waals surface area contributed by atoms with Crippen molar-refractivity contribution in [2.24, 2.45) is 0 Å². The van der Waals surface area contributed by atoms with Gasteiger partial charge < -0.3 is 21.3 Å². The minimum atomic E-state index is -0.341. The normalized spacial score (nSPS) is 16.9. The molecule has 126 valence electrons. The second-order valence-corrected chi connectivity index (χ2v) is 5.76. The van der Waals surface area contributed by atoms with Crippen molar-refractivity contribution in [1.82, 2.24) is 15.3 Å². The Morgan fingerprint density at radius 3 is 2.79 bits per heavy atom. The lowest BCUT2D eigenvalue weighted by molar-refractivity contribution is 0.249. The number of nitrogens with two attached hydrogens (primary N) is 1. The standard InChI is InChI=1S/C16H19FN6O/c1-10-8-14(22-15(18)19-10)23-7-6-13(9-23)21-16(24)20-12-4-2-11(17)3-5-12/h2-5,8,13H,6-7,9H2,1H3,(H2,18,19,22)(H2,20,21,24). The van der Waals surface area contributed by atoms with Crippen molar-refractivity contribution in [1.29, 1.82) is 0 Å². The van der Waals surface area contributed by atoms with Crippen molar-refractivity contribution < 1.29 is 9.18 Å². The highest BCUT2D eigenvalue weighted by Gasteiger charge is 2.25. The molecule has 1 saturated heterocycles. The summed E-state index contributed by atoms with van der Waals surface area (Å²) in [5, 5.41) is 5.60. The lowest BCUT2D eigenvalue weighted by Gasteiger charge is -2.18. The molecular weight excluding hydrogens is 311 g/mol. The molecule has 1 unspecified atom stereocenters. The minimum Gasteiger partial charge on any atom is -0.368 e. The number of nitrogen functional groups attached to an aromatic ring is 1. The Hall–Kier alpha value is -2.90. The Morgan fingerprint density at radius 2 is 2.08 bits per heavy atom. The van der Waals surface area contributed by atoms with Crippen LogP contribution in [0.3, 0.4) is 0 Å². The lowest BCUT2D eigenvalue weighted by atomic mass is 10.3. The number of hydrogen-bond acceptors (Lipinski definition) is 5. The molecule has 0 bridgehead atoms. The first-order chi connectivity index (χ1) is 11.5. The number of carbonyl (C=O) groups excluding carboxylic acids is 1. The second kappa shape index (κ2) is 6.69. The number of aryl methyl sites for hydroxylation is 1. The molecule has 8 heteroatoms. The molecule has 1 aliphatic heterocycles. The Kier molecular flexibility index (Phi) is 4.45. The number of nitrogens with one attached hydrogen (secondary N) is 2. The van der Waals surface area contributed by atoms with E-state index in [4.69, 9.17) is 5.73 Å². The highest BCUT2D eigenvalue weighted by Crippen LogP contribution is 2.19. The summed E-state index contributed by atoms with van der Waals surface area (Å²) in [4.78, 5) is 22.4. The molecule has 3 rings (SSSR count). The van der Waals surface area contributed by atoms with Crippen molar-refractivity contribution in [2.45, 2.75) is 19.4 Å². The van der Waals surface area contributed by atoms with E-state index >= 15 is 0 Å². The smallest absolute Gasteiger partial charge is 0.319 e. The van der Waals surface area contributed by atoms with Gasteiger partial charge in [-0.05, 0) is 37.6 Å². The van der Waals surface area contributed by atoms with E-state index < -0.39 is 0 Å². The zero-order valence-electron chi connectivity index (χ0n) is 13.3. The van der Waals surface area contributed by atoms with Crippen LogP contribution in [0.25, 0.3) is 0 Å². The molecule has 2 heterocycles. The van der Waals surface area contributed by atoms with Crippen molar-refractivity contribution in [3.63, 3.8) is 0 Å². The average molecular weight is 330 g/mol. The molecule has 0 saturated carbocycles. The van der Waals surface area contributed by atoms with Crippen LogP contribution in [-0.4, -0.2) is 35.1 Å². The lowest BCUT2D eigenvalue weighted by Crippen LogP contribution is -2.39. The van der Waals surface area contributed by atoms with Gasteiger partial charge in [-0.25, -0.2) is 14.2 Å².